The van der Waals surface area contributed by atoms with Crippen molar-refractivity contribution < 1.29 is 18.3 Å². The lowest BCUT2D eigenvalue weighted by atomic mass is 9.71. The summed E-state index contributed by atoms with van der Waals surface area (Å²) in [5.41, 5.74) is 0.521. The summed E-state index contributed by atoms with van der Waals surface area (Å²) in [6.45, 7) is 5.40. The normalized spacial score (nSPS) is 33.3. The van der Waals surface area contributed by atoms with Gasteiger partial charge in [-0.05, 0) is 119 Å². The number of allylic oxidation sites excluding steroid dienone is 2. The molecule has 1 saturated heterocycles. The fourth-order valence-corrected chi connectivity index (χ4v) is 6.60. The van der Waals surface area contributed by atoms with Crippen LogP contribution in [0.25, 0.3) is 0 Å². The number of ether oxygens (including phenoxy) is 2. The van der Waals surface area contributed by atoms with E-state index in [1.54, 1.807) is 12.1 Å². The molecular weight excluding hydrogens is 418 g/mol. The highest BCUT2D eigenvalue weighted by Gasteiger charge is 2.36. The number of benzene rings is 1. The topological polar surface area (TPSA) is 18.5 Å². The van der Waals surface area contributed by atoms with Crippen LogP contribution in [0.15, 0.2) is 24.3 Å². The first kappa shape index (κ1) is 24.7. The van der Waals surface area contributed by atoms with E-state index in [9.17, 15) is 8.78 Å². The van der Waals surface area contributed by atoms with E-state index in [4.69, 9.17) is 9.47 Å². The maximum Gasteiger partial charge on any atom is 0.200 e. The first-order chi connectivity index (χ1) is 16.1. The predicted molar refractivity (Wildman–Crippen MR) is 130 cm³/mol. The summed E-state index contributed by atoms with van der Waals surface area (Å²) in [6, 6.07) is 3.34. The molecule has 2 aliphatic carbocycles. The smallest absolute Gasteiger partial charge is 0.200 e. The van der Waals surface area contributed by atoms with E-state index >= 15 is 0 Å². The fraction of sp³-hybridized carbons (Fsp3) is 0.724. The summed E-state index contributed by atoms with van der Waals surface area (Å²) < 4.78 is 40.9. The van der Waals surface area contributed by atoms with Crippen molar-refractivity contribution in [3.8, 4) is 5.75 Å². The number of rotatable bonds is 7. The van der Waals surface area contributed by atoms with Gasteiger partial charge in [-0.25, -0.2) is 4.39 Å². The van der Waals surface area contributed by atoms with Crippen LogP contribution in [0.1, 0.15) is 96.0 Å². The van der Waals surface area contributed by atoms with E-state index in [1.165, 1.54) is 38.5 Å². The molecule has 1 aromatic rings. The standard InChI is InChI=1S/C29H42F2O2/c1-3-5-20-6-8-21(9-7-20)24-14-16-26(33-19-24)23-12-10-22(11-13-23)25-15-17-27(32-18-4-2)29(31)28(25)30/h3,5,15,17,20-24,26H,4,6-14,16,18-19H2,1-2H3/b5-3+. The Bertz CT molecular complexity index is 768. The van der Waals surface area contributed by atoms with Gasteiger partial charge in [0.1, 0.15) is 0 Å². The van der Waals surface area contributed by atoms with Gasteiger partial charge < -0.3 is 9.47 Å². The first-order valence-electron chi connectivity index (χ1n) is 13.5. The molecule has 0 aromatic heterocycles. The van der Waals surface area contributed by atoms with Crippen molar-refractivity contribution in [1.82, 2.24) is 0 Å². The highest BCUT2D eigenvalue weighted by Crippen LogP contribution is 2.44. The van der Waals surface area contributed by atoms with Gasteiger partial charge in [0.2, 0.25) is 5.82 Å². The molecule has 1 heterocycles. The minimum absolute atomic E-state index is 0.0345. The highest BCUT2D eigenvalue weighted by atomic mass is 19.2. The molecule has 4 rings (SSSR count). The van der Waals surface area contributed by atoms with Crippen molar-refractivity contribution >= 4 is 0 Å². The first-order valence-corrected chi connectivity index (χ1v) is 13.5. The Labute approximate surface area is 199 Å². The van der Waals surface area contributed by atoms with Crippen molar-refractivity contribution in [3.63, 3.8) is 0 Å². The van der Waals surface area contributed by atoms with Gasteiger partial charge in [0.15, 0.2) is 11.6 Å². The predicted octanol–water partition coefficient (Wildman–Crippen LogP) is 8.21. The molecule has 3 aliphatic rings. The molecule has 0 N–H and O–H groups in total. The second-order valence-electron chi connectivity index (χ2n) is 10.7. The van der Waals surface area contributed by atoms with Gasteiger partial charge in [0, 0.05) is 0 Å². The Kier molecular flexibility index (Phi) is 8.85. The average Bonchev–Trinajstić information content (AvgIpc) is 2.86. The van der Waals surface area contributed by atoms with Gasteiger partial charge in [-0.2, -0.15) is 4.39 Å². The van der Waals surface area contributed by atoms with Gasteiger partial charge in [0.25, 0.3) is 0 Å². The van der Waals surface area contributed by atoms with E-state index in [2.05, 4.69) is 19.1 Å². The molecule has 33 heavy (non-hydrogen) atoms. The third kappa shape index (κ3) is 5.99. The molecule has 2 unspecified atom stereocenters. The number of hydrogen-bond donors (Lipinski definition) is 0. The van der Waals surface area contributed by atoms with Crippen LogP contribution in [-0.4, -0.2) is 19.3 Å². The molecule has 184 valence electrons. The molecule has 1 aliphatic heterocycles. The summed E-state index contributed by atoms with van der Waals surface area (Å²) in [5.74, 6) is 1.51. The van der Waals surface area contributed by atoms with Crippen LogP contribution >= 0.6 is 0 Å². The van der Waals surface area contributed by atoms with Crippen molar-refractivity contribution in [2.75, 3.05) is 13.2 Å². The van der Waals surface area contributed by atoms with Crippen LogP contribution < -0.4 is 4.74 Å². The lowest BCUT2D eigenvalue weighted by Gasteiger charge is -2.41. The van der Waals surface area contributed by atoms with E-state index in [1.807, 2.05) is 6.92 Å². The second-order valence-corrected chi connectivity index (χ2v) is 10.7. The number of hydrogen-bond acceptors (Lipinski definition) is 2. The maximum absolute atomic E-state index is 14.7. The Hall–Kier alpha value is -1.42. The summed E-state index contributed by atoms with van der Waals surface area (Å²) >= 11 is 0. The number of halogens is 2. The molecule has 0 spiro atoms. The van der Waals surface area contributed by atoms with E-state index in [-0.39, 0.29) is 11.7 Å². The lowest BCUT2D eigenvalue weighted by molar-refractivity contribution is -0.0719. The van der Waals surface area contributed by atoms with Gasteiger partial charge in [-0.3, -0.25) is 0 Å². The van der Waals surface area contributed by atoms with Crippen LogP contribution in [0.5, 0.6) is 5.75 Å². The highest BCUT2D eigenvalue weighted by molar-refractivity contribution is 5.33. The zero-order valence-electron chi connectivity index (χ0n) is 20.5. The van der Waals surface area contributed by atoms with Crippen LogP contribution in [-0.2, 0) is 4.74 Å². The molecule has 2 nitrogen and oxygen atoms in total. The monoisotopic (exact) mass is 460 g/mol. The molecule has 3 fully saturated rings. The Morgan fingerprint density at radius 2 is 1.58 bits per heavy atom. The van der Waals surface area contributed by atoms with Crippen molar-refractivity contribution in [3.05, 3.63) is 41.5 Å². The van der Waals surface area contributed by atoms with Gasteiger partial charge >= 0.3 is 0 Å². The third-order valence-corrected chi connectivity index (χ3v) is 8.57. The van der Waals surface area contributed by atoms with Gasteiger partial charge in [-0.1, -0.05) is 25.1 Å². The maximum atomic E-state index is 14.7. The van der Waals surface area contributed by atoms with Crippen LogP contribution in [0, 0.1) is 35.3 Å². The Morgan fingerprint density at radius 3 is 2.21 bits per heavy atom. The van der Waals surface area contributed by atoms with Crippen LogP contribution in [0.4, 0.5) is 8.78 Å². The van der Waals surface area contributed by atoms with Crippen LogP contribution in [0.2, 0.25) is 0 Å². The summed E-state index contributed by atoms with van der Waals surface area (Å²) in [6.07, 6.45) is 17.5. The zero-order chi connectivity index (χ0) is 23.2. The van der Waals surface area contributed by atoms with Crippen molar-refractivity contribution in [2.24, 2.45) is 23.7 Å². The quantitative estimate of drug-likeness (QED) is 0.382. The minimum atomic E-state index is -0.829. The molecule has 2 saturated carbocycles. The molecule has 0 bridgehead atoms. The van der Waals surface area contributed by atoms with Gasteiger partial charge in [-0.15, -0.1) is 0 Å². The average molecular weight is 461 g/mol. The fourth-order valence-electron chi connectivity index (χ4n) is 6.60. The lowest BCUT2D eigenvalue weighted by Crippen LogP contribution is -2.37. The zero-order valence-corrected chi connectivity index (χ0v) is 20.5. The van der Waals surface area contributed by atoms with Crippen LogP contribution in [0.3, 0.4) is 0 Å². The van der Waals surface area contributed by atoms with E-state index in [0.717, 1.165) is 56.5 Å². The van der Waals surface area contributed by atoms with Crippen molar-refractivity contribution in [2.45, 2.75) is 96.5 Å². The Morgan fingerprint density at radius 1 is 0.879 bits per heavy atom. The molecule has 1 aromatic carbocycles. The van der Waals surface area contributed by atoms with Gasteiger partial charge in [0.05, 0.1) is 19.3 Å². The molecular formula is C29H42F2O2. The molecule has 0 radical (unpaired) electrons. The SMILES string of the molecule is C/C=C/C1CCC(C2CCC(C3CCC(c4ccc(OCCC)c(F)c4F)CC3)OC2)CC1. The molecule has 4 heteroatoms. The second kappa shape index (κ2) is 11.8. The molecule has 0 amide bonds. The third-order valence-electron chi connectivity index (χ3n) is 8.57. The Balaban J connectivity index is 1.24. The van der Waals surface area contributed by atoms with E-state index < -0.39 is 11.6 Å². The van der Waals surface area contributed by atoms with E-state index in [0.29, 0.717) is 24.2 Å². The summed E-state index contributed by atoms with van der Waals surface area (Å²) in [4.78, 5) is 0. The largest absolute Gasteiger partial charge is 0.490 e. The molecule has 2 atom stereocenters. The summed E-state index contributed by atoms with van der Waals surface area (Å²) in [5, 5.41) is 0. The minimum Gasteiger partial charge on any atom is -0.490 e. The summed E-state index contributed by atoms with van der Waals surface area (Å²) in [7, 11) is 0. The van der Waals surface area contributed by atoms with Crippen molar-refractivity contribution in [1.29, 1.82) is 0 Å².